The van der Waals surface area contributed by atoms with Gasteiger partial charge in [-0.25, -0.2) is 0 Å². The second kappa shape index (κ2) is 5.72. The largest absolute Gasteiger partial charge is 0.550 e. The maximum atomic E-state index is 12.7. The number of ether oxygens (including phenoxy) is 1. The summed E-state index contributed by atoms with van der Waals surface area (Å²) in [5, 5.41) is 14.3. The highest BCUT2D eigenvalue weighted by Crippen LogP contribution is 2.43. The van der Waals surface area contributed by atoms with Gasteiger partial charge in [-0.3, -0.25) is 4.79 Å². The summed E-state index contributed by atoms with van der Waals surface area (Å²) < 4.78 is 5.62. The molecular weight excluding hydrogens is 282 g/mol. The second-order valence-corrected chi connectivity index (χ2v) is 6.11. The van der Waals surface area contributed by atoms with Crippen LogP contribution in [0.3, 0.4) is 0 Å². The number of carbonyl (C=O) groups is 2. The zero-order valence-electron chi connectivity index (χ0n) is 12.8. The van der Waals surface area contributed by atoms with Crippen molar-refractivity contribution in [3.8, 4) is 0 Å². The van der Waals surface area contributed by atoms with E-state index in [1.54, 1.807) is 0 Å². The molecule has 3 rings (SSSR count). The molecule has 2 heterocycles. The van der Waals surface area contributed by atoms with Gasteiger partial charge in [0.15, 0.2) is 0 Å². The zero-order valence-corrected chi connectivity index (χ0v) is 12.8. The Balaban J connectivity index is 1.84. The summed E-state index contributed by atoms with van der Waals surface area (Å²) in [6.45, 7) is 3.96. The number of carbonyl (C=O) groups excluding carboxylic acids is 2. The Bertz CT molecular complexity index is 613. The van der Waals surface area contributed by atoms with E-state index in [2.05, 4.69) is 5.32 Å². The van der Waals surface area contributed by atoms with Crippen molar-refractivity contribution in [1.29, 1.82) is 0 Å². The predicted molar refractivity (Wildman–Crippen MR) is 79.1 cm³/mol. The molecule has 0 spiro atoms. The van der Waals surface area contributed by atoms with Gasteiger partial charge in [-0.05, 0) is 37.3 Å². The first kappa shape index (κ1) is 15.0. The van der Waals surface area contributed by atoms with Crippen molar-refractivity contribution < 1.29 is 19.4 Å². The molecule has 1 aromatic carbocycles. The molecule has 5 nitrogen and oxygen atoms in total. The monoisotopic (exact) mass is 302 g/mol. The van der Waals surface area contributed by atoms with Crippen molar-refractivity contribution in [2.45, 2.75) is 45.3 Å². The molecule has 2 saturated heterocycles. The number of nitrogens with one attached hydrogen (secondary N) is 1. The number of benzene rings is 1. The van der Waals surface area contributed by atoms with E-state index in [1.165, 1.54) is 0 Å². The minimum atomic E-state index is -1.19. The number of aliphatic carboxylic acids is 1. The predicted octanol–water partition coefficient (Wildman–Crippen LogP) is 1.04. The van der Waals surface area contributed by atoms with Crippen LogP contribution >= 0.6 is 0 Å². The fourth-order valence-corrected chi connectivity index (χ4v) is 3.72. The molecule has 1 N–H and O–H groups in total. The fraction of sp³-hybridized carbons (Fsp3) is 0.529. The summed E-state index contributed by atoms with van der Waals surface area (Å²) >= 11 is 0. The van der Waals surface area contributed by atoms with Crippen LogP contribution in [0.25, 0.3) is 0 Å². The molecule has 2 aliphatic heterocycles. The van der Waals surface area contributed by atoms with Crippen molar-refractivity contribution in [1.82, 2.24) is 0 Å². The molecule has 1 aromatic rings. The number of para-hydroxylation sites is 1. The van der Waals surface area contributed by atoms with Crippen molar-refractivity contribution >= 4 is 17.6 Å². The number of anilines is 1. The normalized spacial score (nSPS) is 29.5. The maximum absolute atomic E-state index is 12.7. The Morgan fingerprint density at radius 2 is 1.95 bits per heavy atom. The first-order valence-electron chi connectivity index (χ1n) is 7.78. The van der Waals surface area contributed by atoms with Crippen molar-refractivity contribution in [3.63, 3.8) is 0 Å². The SMILES string of the molecule is CCc1cccc(C)c1NC(=O)[C@H]1[C@@H](C(=O)[O-])[C@H]2CC[C@@H]1O2. The molecule has 2 bridgehead atoms. The second-order valence-electron chi connectivity index (χ2n) is 6.11. The van der Waals surface area contributed by atoms with Crippen LogP contribution in [0, 0.1) is 18.8 Å². The number of aryl methyl sites for hydroxylation is 2. The number of hydrogen-bond donors (Lipinski definition) is 1. The van der Waals surface area contributed by atoms with Gasteiger partial charge in [0, 0.05) is 17.6 Å². The van der Waals surface area contributed by atoms with Crippen molar-refractivity contribution in [3.05, 3.63) is 29.3 Å². The number of fused-ring (bicyclic) bond motifs is 2. The minimum Gasteiger partial charge on any atom is -0.550 e. The van der Waals surface area contributed by atoms with Gasteiger partial charge in [-0.15, -0.1) is 0 Å². The molecule has 2 aliphatic rings. The first-order valence-corrected chi connectivity index (χ1v) is 7.78. The molecular formula is C17H20NO4-. The lowest BCUT2D eigenvalue weighted by Crippen LogP contribution is -2.46. The molecule has 4 atom stereocenters. The number of amides is 1. The Kier molecular flexibility index (Phi) is 3.91. The summed E-state index contributed by atoms with van der Waals surface area (Å²) in [4.78, 5) is 24.0. The molecule has 2 fully saturated rings. The minimum absolute atomic E-state index is 0.273. The van der Waals surface area contributed by atoms with Gasteiger partial charge in [0.2, 0.25) is 5.91 Å². The third-order valence-corrected chi connectivity index (χ3v) is 4.84. The van der Waals surface area contributed by atoms with Crippen LogP contribution < -0.4 is 10.4 Å². The summed E-state index contributed by atoms with van der Waals surface area (Å²) in [7, 11) is 0. The number of carboxylic acids is 1. The van der Waals surface area contributed by atoms with Crippen LogP contribution in [0.1, 0.15) is 30.9 Å². The Labute approximate surface area is 129 Å². The van der Waals surface area contributed by atoms with Gasteiger partial charge in [-0.1, -0.05) is 25.1 Å². The molecule has 1 amide bonds. The van der Waals surface area contributed by atoms with Crippen LogP contribution in [0.2, 0.25) is 0 Å². The van der Waals surface area contributed by atoms with Crippen LogP contribution in [0.15, 0.2) is 18.2 Å². The van der Waals surface area contributed by atoms with Gasteiger partial charge in [0.25, 0.3) is 0 Å². The standard InChI is InChI=1S/C17H21NO4/c1-3-10-6-4-5-9(2)15(10)18-16(19)13-11-7-8-12(22-11)14(13)17(20)21/h4-6,11-14H,3,7-8H2,1-2H3,(H,18,19)(H,20,21)/p-1/t11-,12+,13+,14-/m0/s1. The van der Waals surface area contributed by atoms with Crippen LogP contribution in [-0.2, 0) is 20.7 Å². The van der Waals surface area contributed by atoms with Gasteiger partial charge in [-0.2, -0.15) is 0 Å². The third kappa shape index (κ3) is 2.39. The molecule has 5 heteroatoms. The smallest absolute Gasteiger partial charge is 0.230 e. The summed E-state index contributed by atoms with van der Waals surface area (Å²) in [6, 6.07) is 5.85. The molecule has 0 unspecified atom stereocenters. The molecule has 0 aromatic heterocycles. The summed E-state index contributed by atoms with van der Waals surface area (Å²) in [5.41, 5.74) is 2.80. The molecule has 118 valence electrons. The van der Waals surface area contributed by atoms with Crippen molar-refractivity contribution in [2.75, 3.05) is 5.32 Å². The molecule has 0 aliphatic carbocycles. The van der Waals surface area contributed by atoms with Crippen molar-refractivity contribution in [2.24, 2.45) is 11.8 Å². The van der Waals surface area contributed by atoms with E-state index >= 15 is 0 Å². The quantitative estimate of drug-likeness (QED) is 0.901. The van der Waals surface area contributed by atoms with Crippen LogP contribution in [0.5, 0.6) is 0 Å². The Morgan fingerprint density at radius 1 is 1.27 bits per heavy atom. The zero-order chi connectivity index (χ0) is 15.9. The average Bonchev–Trinajstić information content (AvgIpc) is 3.09. The summed E-state index contributed by atoms with van der Waals surface area (Å²) in [5.74, 6) is -2.96. The Morgan fingerprint density at radius 3 is 2.59 bits per heavy atom. The highest BCUT2D eigenvalue weighted by Gasteiger charge is 2.52. The lowest BCUT2D eigenvalue weighted by Gasteiger charge is -2.28. The van der Waals surface area contributed by atoms with E-state index in [0.29, 0.717) is 6.42 Å². The van der Waals surface area contributed by atoms with Gasteiger partial charge in [0.1, 0.15) is 0 Å². The third-order valence-electron chi connectivity index (χ3n) is 4.84. The number of hydrogen-bond acceptors (Lipinski definition) is 4. The van der Waals surface area contributed by atoms with Crippen LogP contribution in [0.4, 0.5) is 5.69 Å². The van der Waals surface area contributed by atoms with Crippen LogP contribution in [-0.4, -0.2) is 24.1 Å². The van der Waals surface area contributed by atoms with Gasteiger partial charge in [0.05, 0.1) is 18.1 Å². The number of carboxylic acid groups (broad SMARTS) is 1. The van der Waals surface area contributed by atoms with E-state index in [0.717, 1.165) is 29.7 Å². The van der Waals surface area contributed by atoms with E-state index in [9.17, 15) is 14.7 Å². The lowest BCUT2D eigenvalue weighted by molar-refractivity contribution is -0.313. The van der Waals surface area contributed by atoms with E-state index < -0.39 is 17.8 Å². The average molecular weight is 302 g/mol. The fourth-order valence-electron chi connectivity index (χ4n) is 3.72. The van der Waals surface area contributed by atoms with E-state index in [1.807, 2.05) is 32.0 Å². The highest BCUT2D eigenvalue weighted by atomic mass is 16.5. The lowest BCUT2D eigenvalue weighted by atomic mass is 9.78. The van der Waals surface area contributed by atoms with E-state index in [4.69, 9.17) is 4.74 Å². The highest BCUT2D eigenvalue weighted by molar-refractivity contribution is 5.97. The topological polar surface area (TPSA) is 78.5 Å². The molecule has 22 heavy (non-hydrogen) atoms. The maximum Gasteiger partial charge on any atom is 0.230 e. The number of rotatable bonds is 4. The molecule has 0 radical (unpaired) electrons. The van der Waals surface area contributed by atoms with Gasteiger partial charge < -0.3 is 20.0 Å². The summed E-state index contributed by atoms with van der Waals surface area (Å²) in [6.07, 6.45) is 1.54. The van der Waals surface area contributed by atoms with E-state index in [-0.39, 0.29) is 18.1 Å². The Hall–Kier alpha value is -1.88. The van der Waals surface area contributed by atoms with Gasteiger partial charge >= 0.3 is 0 Å². The molecule has 0 saturated carbocycles. The first-order chi connectivity index (χ1) is 10.5.